The highest BCUT2D eigenvalue weighted by atomic mass is 19.1. The number of ether oxygens (including phenoxy) is 1. The largest absolute Gasteiger partial charge is 0.396 e. The normalized spacial score (nSPS) is 18.5. The number of rotatable bonds is 5. The van der Waals surface area contributed by atoms with Gasteiger partial charge in [0.25, 0.3) is 0 Å². The van der Waals surface area contributed by atoms with Gasteiger partial charge in [0.2, 0.25) is 0 Å². The Kier molecular flexibility index (Phi) is 4.85. The van der Waals surface area contributed by atoms with E-state index in [1.165, 1.54) is 12.1 Å². The zero-order valence-corrected chi connectivity index (χ0v) is 10.8. The Balaban J connectivity index is 1.88. The molecule has 1 fully saturated rings. The summed E-state index contributed by atoms with van der Waals surface area (Å²) in [6.07, 6.45) is 1.59. The minimum atomic E-state index is -0.572. The molecule has 0 aromatic heterocycles. The lowest BCUT2D eigenvalue weighted by Gasteiger charge is -2.35. The first-order valence-corrected chi connectivity index (χ1v) is 6.48. The number of aliphatic hydroxyl groups excluding tert-OH is 1. The zero-order valence-electron chi connectivity index (χ0n) is 10.8. The summed E-state index contributed by atoms with van der Waals surface area (Å²) < 4.78 is 31.5. The molecule has 3 nitrogen and oxygen atoms in total. The molecule has 106 valence electrons. The summed E-state index contributed by atoms with van der Waals surface area (Å²) in [6, 6.07) is 3.57. The molecule has 0 aliphatic carbocycles. The van der Waals surface area contributed by atoms with Crippen molar-refractivity contribution in [3.05, 3.63) is 35.4 Å². The Morgan fingerprint density at radius 1 is 1.26 bits per heavy atom. The topological polar surface area (TPSA) is 41.5 Å². The maximum atomic E-state index is 13.4. The van der Waals surface area contributed by atoms with Gasteiger partial charge in [0, 0.05) is 43.3 Å². The molecule has 1 aromatic rings. The lowest BCUT2D eigenvalue weighted by Crippen LogP contribution is -2.41. The van der Waals surface area contributed by atoms with Gasteiger partial charge in [-0.15, -0.1) is 0 Å². The average molecular weight is 271 g/mol. The third kappa shape index (κ3) is 3.72. The number of aliphatic hydroxyl groups is 1. The molecule has 1 aliphatic rings. The summed E-state index contributed by atoms with van der Waals surface area (Å²) in [5.74, 6) is -1.12. The summed E-state index contributed by atoms with van der Waals surface area (Å²) in [7, 11) is 0. The molecule has 0 spiro atoms. The van der Waals surface area contributed by atoms with Crippen LogP contribution in [0.15, 0.2) is 18.2 Å². The highest BCUT2D eigenvalue weighted by molar-refractivity contribution is 5.18. The highest BCUT2D eigenvalue weighted by Gasteiger charge is 2.31. The van der Waals surface area contributed by atoms with Crippen LogP contribution in [0.1, 0.15) is 18.4 Å². The second-order valence-corrected chi connectivity index (χ2v) is 5.11. The molecule has 2 N–H and O–H groups in total. The lowest BCUT2D eigenvalue weighted by atomic mass is 9.81. The smallest absolute Gasteiger partial charge is 0.130 e. The molecule has 1 aliphatic heterocycles. The van der Waals surface area contributed by atoms with E-state index in [0.29, 0.717) is 31.9 Å². The second-order valence-electron chi connectivity index (χ2n) is 5.11. The average Bonchev–Trinajstić information content (AvgIpc) is 2.42. The van der Waals surface area contributed by atoms with E-state index < -0.39 is 11.6 Å². The van der Waals surface area contributed by atoms with Crippen LogP contribution in [0.4, 0.5) is 8.78 Å². The third-order valence-corrected chi connectivity index (χ3v) is 3.72. The van der Waals surface area contributed by atoms with E-state index in [1.807, 2.05) is 0 Å². The molecule has 0 amide bonds. The summed E-state index contributed by atoms with van der Waals surface area (Å²) in [6.45, 7) is 2.31. The fourth-order valence-corrected chi connectivity index (χ4v) is 2.32. The number of halogens is 2. The van der Waals surface area contributed by atoms with Gasteiger partial charge in [-0.25, -0.2) is 8.78 Å². The van der Waals surface area contributed by atoms with Crippen LogP contribution in [-0.4, -0.2) is 31.5 Å². The van der Waals surface area contributed by atoms with Crippen molar-refractivity contribution >= 4 is 0 Å². The molecule has 2 rings (SSSR count). The summed E-state index contributed by atoms with van der Waals surface area (Å²) in [4.78, 5) is 0. The maximum Gasteiger partial charge on any atom is 0.130 e. The maximum absolute atomic E-state index is 13.4. The number of benzene rings is 1. The number of hydrogen-bond acceptors (Lipinski definition) is 3. The molecule has 0 radical (unpaired) electrons. The minimum Gasteiger partial charge on any atom is -0.396 e. The third-order valence-electron chi connectivity index (χ3n) is 3.72. The van der Waals surface area contributed by atoms with Crippen LogP contribution in [0.25, 0.3) is 0 Å². The quantitative estimate of drug-likeness (QED) is 0.858. The first-order chi connectivity index (χ1) is 9.15. The van der Waals surface area contributed by atoms with Crippen LogP contribution in [0.5, 0.6) is 0 Å². The zero-order chi connectivity index (χ0) is 13.7. The Morgan fingerprint density at radius 2 is 2.00 bits per heavy atom. The number of hydrogen-bond donors (Lipinski definition) is 2. The summed E-state index contributed by atoms with van der Waals surface area (Å²) in [5, 5.41) is 12.7. The highest BCUT2D eigenvalue weighted by Crippen LogP contribution is 2.29. The van der Waals surface area contributed by atoms with E-state index in [-0.39, 0.29) is 12.0 Å². The molecule has 1 saturated heterocycles. The molecule has 19 heavy (non-hydrogen) atoms. The molecular weight excluding hydrogens is 252 g/mol. The van der Waals surface area contributed by atoms with E-state index in [1.54, 1.807) is 0 Å². The SMILES string of the molecule is OCC1(CNCc2ccc(F)cc2F)CCOCC1. The molecular formula is C14H19F2NO2. The summed E-state index contributed by atoms with van der Waals surface area (Å²) in [5.41, 5.74) is 0.246. The Labute approximate surface area is 111 Å². The second kappa shape index (κ2) is 6.41. The molecule has 1 heterocycles. The molecule has 0 bridgehead atoms. The molecule has 0 atom stereocenters. The van der Waals surface area contributed by atoms with Crippen molar-refractivity contribution in [3.63, 3.8) is 0 Å². The lowest BCUT2D eigenvalue weighted by molar-refractivity contribution is -0.0154. The van der Waals surface area contributed by atoms with Gasteiger partial charge < -0.3 is 15.2 Å². The number of nitrogens with one attached hydrogen (secondary N) is 1. The Morgan fingerprint density at radius 3 is 2.63 bits per heavy atom. The van der Waals surface area contributed by atoms with Gasteiger partial charge >= 0.3 is 0 Å². The van der Waals surface area contributed by atoms with Crippen molar-refractivity contribution in [1.29, 1.82) is 0 Å². The molecule has 0 unspecified atom stereocenters. The first-order valence-electron chi connectivity index (χ1n) is 6.48. The van der Waals surface area contributed by atoms with Gasteiger partial charge in [-0.1, -0.05) is 6.07 Å². The van der Waals surface area contributed by atoms with Crippen molar-refractivity contribution in [2.75, 3.05) is 26.4 Å². The van der Waals surface area contributed by atoms with E-state index >= 15 is 0 Å². The van der Waals surface area contributed by atoms with Crippen LogP contribution < -0.4 is 5.32 Å². The van der Waals surface area contributed by atoms with E-state index in [9.17, 15) is 13.9 Å². The first kappa shape index (κ1) is 14.4. The predicted molar refractivity (Wildman–Crippen MR) is 67.6 cm³/mol. The molecule has 5 heteroatoms. The minimum absolute atomic E-state index is 0.0925. The predicted octanol–water partition coefficient (Wildman–Crippen LogP) is 1.84. The van der Waals surface area contributed by atoms with Crippen molar-refractivity contribution in [2.45, 2.75) is 19.4 Å². The fourth-order valence-electron chi connectivity index (χ4n) is 2.32. The van der Waals surface area contributed by atoms with E-state index in [0.717, 1.165) is 18.9 Å². The standard InChI is InChI=1S/C14H19F2NO2/c15-12-2-1-11(13(16)7-12)8-17-9-14(10-18)3-5-19-6-4-14/h1-2,7,17-18H,3-6,8-10H2. The van der Waals surface area contributed by atoms with Crippen LogP contribution in [-0.2, 0) is 11.3 Å². The van der Waals surface area contributed by atoms with Gasteiger partial charge in [0.05, 0.1) is 6.61 Å². The van der Waals surface area contributed by atoms with Gasteiger partial charge in [-0.3, -0.25) is 0 Å². The molecule has 0 saturated carbocycles. The van der Waals surface area contributed by atoms with Crippen LogP contribution in [0.3, 0.4) is 0 Å². The van der Waals surface area contributed by atoms with Crippen molar-refractivity contribution in [2.24, 2.45) is 5.41 Å². The van der Waals surface area contributed by atoms with Gasteiger partial charge in [-0.2, -0.15) is 0 Å². The fraction of sp³-hybridized carbons (Fsp3) is 0.571. The van der Waals surface area contributed by atoms with E-state index in [2.05, 4.69) is 5.32 Å². The van der Waals surface area contributed by atoms with Gasteiger partial charge in [0.15, 0.2) is 0 Å². The van der Waals surface area contributed by atoms with Gasteiger partial charge in [0.1, 0.15) is 11.6 Å². The Bertz CT molecular complexity index is 420. The summed E-state index contributed by atoms with van der Waals surface area (Å²) >= 11 is 0. The van der Waals surface area contributed by atoms with E-state index in [4.69, 9.17) is 4.74 Å². The van der Waals surface area contributed by atoms with Gasteiger partial charge in [-0.05, 0) is 18.9 Å². The van der Waals surface area contributed by atoms with Crippen molar-refractivity contribution in [1.82, 2.24) is 5.32 Å². The van der Waals surface area contributed by atoms with Crippen molar-refractivity contribution < 1.29 is 18.6 Å². The van der Waals surface area contributed by atoms with Crippen molar-refractivity contribution in [3.8, 4) is 0 Å². The van der Waals surface area contributed by atoms with Crippen LogP contribution in [0, 0.1) is 17.0 Å². The Hall–Kier alpha value is -1.04. The molecule has 1 aromatic carbocycles. The van der Waals surface area contributed by atoms with Crippen LogP contribution in [0.2, 0.25) is 0 Å². The monoisotopic (exact) mass is 271 g/mol. The van der Waals surface area contributed by atoms with Crippen LogP contribution >= 0.6 is 0 Å².